The zero-order chi connectivity index (χ0) is 21.9. The molecule has 2 aliphatic carbocycles. The van der Waals surface area contributed by atoms with Crippen LogP contribution >= 0.6 is 11.6 Å². The number of halogens is 2. The number of ether oxygens (including phenoxy) is 1. The van der Waals surface area contributed by atoms with Crippen molar-refractivity contribution in [2.24, 2.45) is 0 Å². The summed E-state index contributed by atoms with van der Waals surface area (Å²) in [6, 6.07) is 4.53. The second-order valence-electron chi connectivity index (χ2n) is 8.80. The van der Waals surface area contributed by atoms with Crippen molar-refractivity contribution < 1.29 is 19.0 Å². The minimum absolute atomic E-state index is 0.0970. The first-order chi connectivity index (χ1) is 14.7. The lowest BCUT2D eigenvalue weighted by atomic mass is 9.77. The summed E-state index contributed by atoms with van der Waals surface area (Å²) >= 11 is 6.30. The highest BCUT2D eigenvalue weighted by molar-refractivity contribution is 6.33. The van der Waals surface area contributed by atoms with Crippen molar-refractivity contribution in [2.45, 2.75) is 57.3 Å². The third-order valence-corrected chi connectivity index (χ3v) is 6.44. The lowest BCUT2D eigenvalue weighted by molar-refractivity contribution is -0.0548. The van der Waals surface area contributed by atoms with Crippen LogP contribution in [0.1, 0.15) is 54.7 Å². The van der Waals surface area contributed by atoms with E-state index in [4.69, 9.17) is 16.3 Å². The van der Waals surface area contributed by atoms with E-state index in [-0.39, 0.29) is 28.3 Å². The zero-order valence-electron chi connectivity index (χ0n) is 17.3. The Morgan fingerprint density at radius 1 is 1.35 bits per heavy atom. The van der Waals surface area contributed by atoms with Gasteiger partial charge in [0, 0.05) is 28.6 Å². The van der Waals surface area contributed by atoms with E-state index in [0.29, 0.717) is 24.1 Å². The Balaban J connectivity index is 1.61. The Hall–Kier alpha value is -2.64. The van der Waals surface area contributed by atoms with Gasteiger partial charge in [-0.25, -0.2) is 9.18 Å². The minimum Gasteiger partial charge on any atom is -0.459 e. The number of H-pyrrole nitrogens is 1. The number of benzene rings is 1. The van der Waals surface area contributed by atoms with Crippen LogP contribution < -0.4 is 0 Å². The number of hydrogen-bond acceptors (Lipinski definition) is 4. The molecule has 2 heterocycles. The van der Waals surface area contributed by atoms with E-state index in [0.717, 1.165) is 24.1 Å². The predicted molar refractivity (Wildman–Crippen MR) is 114 cm³/mol. The highest BCUT2D eigenvalue weighted by Crippen LogP contribution is 2.43. The van der Waals surface area contributed by atoms with Crippen LogP contribution in [0.4, 0.5) is 4.39 Å². The van der Waals surface area contributed by atoms with Gasteiger partial charge in [0.25, 0.3) is 0 Å². The third-order valence-electron chi connectivity index (χ3n) is 6.13. The highest BCUT2D eigenvalue weighted by atomic mass is 35.5. The molecule has 3 aromatic rings. The molecule has 0 unspecified atom stereocenters. The molecule has 2 N–H and O–H groups in total. The van der Waals surface area contributed by atoms with Crippen LogP contribution in [0.2, 0.25) is 5.02 Å². The fraction of sp³-hybridized carbons (Fsp3) is 0.391. The van der Waals surface area contributed by atoms with Crippen molar-refractivity contribution in [3.05, 3.63) is 52.7 Å². The maximum absolute atomic E-state index is 14.7. The summed E-state index contributed by atoms with van der Waals surface area (Å²) in [5.41, 5.74) is 2.21. The fourth-order valence-electron chi connectivity index (χ4n) is 4.36. The second-order valence-corrected chi connectivity index (χ2v) is 9.21. The number of nitrogens with one attached hydrogen (secondary N) is 1. The van der Waals surface area contributed by atoms with Crippen molar-refractivity contribution in [1.82, 2.24) is 14.8 Å². The summed E-state index contributed by atoms with van der Waals surface area (Å²) in [5.74, 6) is -1.02. The van der Waals surface area contributed by atoms with Crippen LogP contribution in [-0.2, 0) is 4.74 Å². The van der Waals surface area contributed by atoms with E-state index < -0.39 is 17.4 Å². The van der Waals surface area contributed by atoms with Crippen molar-refractivity contribution >= 4 is 17.6 Å². The quantitative estimate of drug-likeness (QED) is 0.540. The normalized spacial score (nSPS) is 22.9. The first-order valence-corrected chi connectivity index (χ1v) is 10.8. The number of esters is 1. The molecule has 0 atom stereocenters. The van der Waals surface area contributed by atoms with Gasteiger partial charge < -0.3 is 14.8 Å². The number of nitrogens with zero attached hydrogens (tertiary/aromatic N) is 2. The smallest absolute Gasteiger partial charge is 0.341 e. The van der Waals surface area contributed by atoms with Gasteiger partial charge in [0.1, 0.15) is 11.9 Å². The SMILES string of the molecule is Cc1c(-c2[nH]cc(-c3c(F)cccc3Cl)c2C(=O)OC2CC2)cnn1C1CC(C)(O)C1. The van der Waals surface area contributed by atoms with Crippen LogP contribution in [0.15, 0.2) is 30.6 Å². The Bertz CT molecular complexity index is 1150. The third kappa shape index (κ3) is 3.55. The molecule has 31 heavy (non-hydrogen) atoms. The molecular weight excluding hydrogens is 421 g/mol. The average molecular weight is 444 g/mol. The molecule has 5 rings (SSSR count). The average Bonchev–Trinajstić information content (AvgIpc) is 3.26. The topological polar surface area (TPSA) is 80.1 Å². The lowest BCUT2D eigenvalue weighted by Gasteiger charge is -2.41. The first kappa shape index (κ1) is 20.3. The number of aromatic nitrogens is 3. The van der Waals surface area contributed by atoms with Crippen molar-refractivity contribution in [2.75, 3.05) is 0 Å². The molecule has 2 fully saturated rings. The van der Waals surface area contributed by atoms with E-state index in [1.165, 1.54) is 12.1 Å². The maximum atomic E-state index is 14.7. The number of aromatic amines is 1. The Morgan fingerprint density at radius 3 is 2.74 bits per heavy atom. The summed E-state index contributed by atoms with van der Waals surface area (Å²) in [6.07, 6.45) is 6.08. The van der Waals surface area contributed by atoms with E-state index in [1.54, 1.807) is 18.5 Å². The zero-order valence-corrected chi connectivity index (χ0v) is 18.0. The molecule has 162 valence electrons. The van der Waals surface area contributed by atoms with Crippen molar-refractivity contribution in [3.63, 3.8) is 0 Å². The fourth-order valence-corrected chi connectivity index (χ4v) is 4.63. The van der Waals surface area contributed by atoms with E-state index >= 15 is 0 Å². The van der Waals surface area contributed by atoms with Gasteiger partial charge in [-0.3, -0.25) is 4.68 Å². The number of carbonyl (C=O) groups excluding carboxylic acids is 1. The van der Waals surface area contributed by atoms with E-state index in [2.05, 4.69) is 10.1 Å². The predicted octanol–water partition coefficient (Wildman–Crippen LogP) is 5.05. The lowest BCUT2D eigenvalue weighted by Crippen LogP contribution is -2.42. The van der Waals surface area contributed by atoms with Gasteiger partial charge in [-0.1, -0.05) is 17.7 Å². The largest absolute Gasteiger partial charge is 0.459 e. The van der Waals surface area contributed by atoms with E-state index in [9.17, 15) is 14.3 Å². The van der Waals surface area contributed by atoms with Crippen LogP contribution in [0, 0.1) is 12.7 Å². The van der Waals surface area contributed by atoms with Crippen LogP contribution in [-0.4, -0.2) is 37.5 Å². The monoisotopic (exact) mass is 443 g/mol. The Morgan fingerprint density at radius 2 is 2.10 bits per heavy atom. The molecule has 0 amide bonds. The summed E-state index contributed by atoms with van der Waals surface area (Å²) in [5, 5.41) is 14.8. The summed E-state index contributed by atoms with van der Waals surface area (Å²) in [4.78, 5) is 16.2. The van der Waals surface area contributed by atoms with Crippen LogP contribution in [0.5, 0.6) is 0 Å². The van der Waals surface area contributed by atoms with Crippen LogP contribution in [0.3, 0.4) is 0 Å². The molecular formula is C23H23ClFN3O3. The van der Waals surface area contributed by atoms with Crippen molar-refractivity contribution in [3.8, 4) is 22.4 Å². The molecule has 8 heteroatoms. The summed E-state index contributed by atoms with van der Waals surface area (Å²) in [7, 11) is 0. The number of carbonyl (C=O) groups is 1. The maximum Gasteiger partial charge on any atom is 0.341 e. The molecule has 2 saturated carbocycles. The Labute approximate surface area is 184 Å². The number of hydrogen-bond donors (Lipinski definition) is 2. The van der Waals surface area contributed by atoms with Gasteiger partial charge >= 0.3 is 5.97 Å². The number of aliphatic hydroxyl groups is 1. The van der Waals surface area contributed by atoms with Crippen molar-refractivity contribution in [1.29, 1.82) is 0 Å². The molecule has 2 aliphatic rings. The molecule has 1 aromatic carbocycles. The second kappa shape index (κ2) is 7.21. The highest BCUT2D eigenvalue weighted by Gasteiger charge is 2.41. The Kier molecular flexibility index (Phi) is 4.71. The molecule has 6 nitrogen and oxygen atoms in total. The minimum atomic E-state index is -0.677. The summed E-state index contributed by atoms with van der Waals surface area (Å²) < 4.78 is 22.1. The molecule has 0 radical (unpaired) electrons. The molecule has 0 bridgehead atoms. The molecule has 2 aromatic heterocycles. The van der Waals surface area contributed by atoms with Gasteiger partial charge in [-0.05, 0) is 51.7 Å². The molecule has 0 saturated heterocycles. The molecule has 0 aliphatic heterocycles. The molecule has 0 spiro atoms. The van der Waals surface area contributed by atoms with E-state index in [1.807, 2.05) is 18.5 Å². The standard InChI is InChI=1S/C23H23ClFN3O3/c1-12-15(11-27-28(12)13-8-23(2,30)9-13)21-20(22(29)31-14-6-7-14)16(10-26-21)19-17(24)4-3-5-18(19)25/h3-5,10-11,13-14,26,30H,6-9H2,1-2H3. The number of rotatable bonds is 5. The van der Waals surface area contributed by atoms with Gasteiger partial charge in [0.05, 0.1) is 34.1 Å². The van der Waals surface area contributed by atoms with Crippen LogP contribution in [0.25, 0.3) is 22.4 Å². The van der Waals surface area contributed by atoms with Gasteiger partial charge in [0.2, 0.25) is 0 Å². The van der Waals surface area contributed by atoms with Gasteiger partial charge in [-0.2, -0.15) is 5.10 Å². The summed E-state index contributed by atoms with van der Waals surface area (Å²) in [6.45, 7) is 3.73. The first-order valence-electron chi connectivity index (χ1n) is 10.4. The van der Waals surface area contributed by atoms with Gasteiger partial charge in [0.15, 0.2) is 0 Å². The van der Waals surface area contributed by atoms with Gasteiger partial charge in [-0.15, -0.1) is 0 Å².